The van der Waals surface area contributed by atoms with E-state index in [2.05, 4.69) is 15.4 Å². The minimum absolute atomic E-state index is 0.303. The molecule has 0 bridgehead atoms. The fourth-order valence-corrected chi connectivity index (χ4v) is 3.04. The van der Waals surface area contributed by atoms with Gasteiger partial charge in [-0.25, -0.2) is 9.37 Å². The summed E-state index contributed by atoms with van der Waals surface area (Å²) in [6, 6.07) is 6.26. The van der Waals surface area contributed by atoms with Crippen LogP contribution in [0.15, 0.2) is 24.3 Å². The number of halogens is 1. The van der Waals surface area contributed by atoms with Gasteiger partial charge in [0.05, 0.1) is 11.0 Å². The monoisotopic (exact) mass is 327 g/mol. The first kappa shape index (κ1) is 14.9. The Morgan fingerprint density at radius 1 is 1.38 bits per heavy atom. The first-order valence-corrected chi connectivity index (χ1v) is 8.08. The number of hydrogen-bond acceptors (Lipinski definition) is 3. The van der Waals surface area contributed by atoms with Crippen molar-refractivity contribution in [2.24, 2.45) is 7.05 Å². The van der Waals surface area contributed by atoms with Gasteiger partial charge in [0, 0.05) is 31.3 Å². The van der Waals surface area contributed by atoms with Crippen LogP contribution >= 0.6 is 0 Å². The maximum Gasteiger partial charge on any atom is 0.278 e. The quantitative estimate of drug-likeness (QED) is 0.801. The average molecular weight is 327 g/mol. The molecule has 24 heavy (non-hydrogen) atoms. The van der Waals surface area contributed by atoms with Gasteiger partial charge >= 0.3 is 0 Å². The molecule has 0 radical (unpaired) electrons. The van der Waals surface area contributed by atoms with Crippen LogP contribution in [0.2, 0.25) is 0 Å². The number of nitrogens with zero attached hydrogens (tertiary/aromatic N) is 4. The van der Waals surface area contributed by atoms with Crippen LogP contribution in [0.4, 0.5) is 10.3 Å². The standard InChI is InChI=1S/C17H18FN5O/c1-3-23-14-7-6-11(18)8-12(14)19-17(23)20-16(24)13-9-15(10-4-5-10)22(2)21-13/h6-10H,3-5H2,1-2H3,(H,19,20,24). The fraction of sp³-hybridized carbons (Fsp3) is 0.353. The number of anilines is 1. The third kappa shape index (κ3) is 2.46. The molecule has 6 nitrogen and oxygen atoms in total. The molecule has 1 aliphatic carbocycles. The zero-order valence-corrected chi connectivity index (χ0v) is 13.6. The smallest absolute Gasteiger partial charge is 0.278 e. The lowest BCUT2D eigenvalue weighted by atomic mass is 10.2. The molecule has 0 spiro atoms. The predicted octanol–water partition coefficient (Wildman–Crippen LogP) is 3.06. The van der Waals surface area contributed by atoms with E-state index in [1.54, 1.807) is 10.7 Å². The molecule has 4 rings (SSSR count). The highest BCUT2D eigenvalue weighted by atomic mass is 19.1. The van der Waals surface area contributed by atoms with Crippen LogP contribution in [0, 0.1) is 5.82 Å². The van der Waals surface area contributed by atoms with Gasteiger partial charge in [-0.3, -0.25) is 14.8 Å². The Bertz CT molecular complexity index is 938. The maximum atomic E-state index is 13.4. The van der Waals surface area contributed by atoms with E-state index in [1.165, 1.54) is 12.1 Å². The summed E-state index contributed by atoms with van der Waals surface area (Å²) in [6.45, 7) is 2.57. The van der Waals surface area contributed by atoms with Gasteiger partial charge in [-0.15, -0.1) is 0 Å². The lowest BCUT2D eigenvalue weighted by Crippen LogP contribution is -2.16. The van der Waals surface area contributed by atoms with Gasteiger partial charge in [0.2, 0.25) is 5.95 Å². The van der Waals surface area contributed by atoms with E-state index in [4.69, 9.17) is 0 Å². The molecule has 0 atom stereocenters. The Morgan fingerprint density at radius 2 is 2.17 bits per heavy atom. The molecule has 124 valence electrons. The topological polar surface area (TPSA) is 64.7 Å². The van der Waals surface area contributed by atoms with Crippen molar-refractivity contribution in [3.8, 4) is 0 Å². The molecule has 2 aromatic heterocycles. The lowest BCUT2D eigenvalue weighted by Gasteiger charge is -2.06. The highest BCUT2D eigenvalue weighted by molar-refractivity contribution is 6.02. The van der Waals surface area contributed by atoms with Crippen molar-refractivity contribution >= 4 is 22.9 Å². The van der Waals surface area contributed by atoms with E-state index in [0.29, 0.717) is 29.6 Å². The predicted molar refractivity (Wildman–Crippen MR) is 88.5 cm³/mol. The SMILES string of the molecule is CCn1c(NC(=O)c2cc(C3CC3)n(C)n2)nc2cc(F)ccc21. The molecular weight excluding hydrogens is 309 g/mol. The zero-order chi connectivity index (χ0) is 16.8. The zero-order valence-electron chi connectivity index (χ0n) is 13.6. The number of benzene rings is 1. The van der Waals surface area contributed by atoms with E-state index in [0.717, 1.165) is 24.1 Å². The average Bonchev–Trinajstić information content (AvgIpc) is 3.23. The van der Waals surface area contributed by atoms with Gasteiger partial charge in [-0.05, 0) is 38.0 Å². The number of rotatable bonds is 4. The van der Waals surface area contributed by atoms with Crippen LogP contribution in [0.1, 0.15) is 41.9 Å². The van der Waals surface area contributed by atoms with Crippen LogP contribution < -0.4 is 5.32 Å². The van der Waals surface area contributed by atoms with Crippen LogP contribution in [-0.4, -0.2) is 25.2 Å². The summed E-state index contributed by atoms with van der Waals surface area (Å²) in [5, 5.41) is 7.10. The first-order valence-electron chi connectivity index (χ1n) is 8.08. The van der Waals surface area contributed by atoms with Crippen molar-refractivity contribution in [3.05, 3.63) is 41.5 Å². The number of amides is 1. The molecule has 0 aliphatic heterocycles. The summed E-state index contributed by atoms with van der Waals surface area (Å²) < 4.78 is 17.0. The normalized spacial score (nSPS) is 14.3. The molecule has 1 saturated carbocycles. The number of aryl methyl sites for hydroxylation is 2. The first-order chi connectivity index (χ1) is 11.6. The summed E-state index contributed by atoms with van der Waals surface area (Å²) in [6.07, 6.45) is 2.30. The molecule has 1 aromatic carbocycles. The summed E-state index contributed by atoms with van der Waals surface area (Å²) in [4.78, 5) is 16.9. The number of nitrogens with one attached hydrogen (secondary N) is 1. The fourth-order valence-electron chi connectivity index (χ4n) is 3.04. The summed E-state index contributed by atoms with van der Waals surface area (Å²) in [7, 11) is 1.86. The summed E-state index contributed by atoms with van der Waals surface area (Å²) in [5.74, 6) is 0.275. The lowest BCUT2D eigenvalue weighted by molar-refractivity contribution is 0.102. The van der Waals surface area contributed by atoms with Gasteiger partial charge in [-0.1, -0.05) is 0 Å². The molecule has 2 heterocycles. The molecule has 1 amide bonds. The Morgan fingerprint density at radius 3 is 2.88 bits per heavy atom. The van der Waals surface area contributed by atoms with E-state index in [1.807, 2.05) is 24.6 Å². The number of aromatic nitrogens is 4. The van der Waals surface area contributed by atoms with E-state index >= 15 is 0 Å². The minimum Gasteiger partial charge on any atom is -0.310 e. The van der Waals surface area contributed by atoms with E-state index in [-0.39, 0.29) is 11.7 Å². The van der Waals surface area contributed by atoms with E-state index < -0.39 is 0 Å². The van der Waals surface area contributed by atoms with Crippen molar-refractivity contribution in [2.45, 2.75) is 32.2 Å². The van der Waals surface area contributed by atoms with Gasteiger partial charge in [-0.2, -0.15) is 5.10 Å². The Balaban J connectivity index is 1.65. The van der Waals surface area contributed by atoms with Crippen molar-refractivity contribution in [3.63, 3.8) is 0 Å². The van der Waals surface area contributed by atoms with Crippen molar-refractivity contribution in [1.82, 2.24) is 19.3 Å². The molecule has 7 heteroatoms. The summed E-state index contributed by atoms with van der Waals surface area (Å²) >= 11 is 0. The number of fused-ring (bicyclic) bond motifs is 1. The molecule has 3 aromatic rings. The second kappa shape index (κ2) is 5.43. The Hall–Kier alpha value is -2.70. The minimum atomic E-state index is -0.347. The Labute approximate surface area is 138 Å². The van der Waals surface area contributed by atoms with Crippen LogP contribution in [0.3, 0.4) is 0 Å². The third-order valence-corrected chi connectivity index (χ3v) is 4.40. The second-order valence-electron chi connectivity index (χ2n) is 6.12. The van der Waals surface area contributed by atoms with Crippen molar-refractivity contribution in [2.75, 3.05) is 5.32 Å². The Kier molecular flexibility index (Phi) is 3.37. The molecule has 1 aliphatic rings. The number of carbonyl (C=O) groups is 1. The number of hydrogen-bond donors (Lipinski definition) is 1. The van der Waals surface area contributed by atoms with Crippen molar-refractivity contribution in [1.29, 1.82) is 0 Å². The van der Waals surface area contributed by atoms with Gasteiger partial charge in [0.15, 0.2) is 5.69 Å². The van der Waals surface area contributed by atoms with Gasteiger partial charge < -0.3 is 4.57 Å². The van der Waals surface area contributed by atoms with Crippen LogP contribution in [0.5, 0.6) is 0 Å². The van der Waals surface area contributed by atoms with Crippen LogP contribution in [-0.2, 0) is 13.6 Å². The number of imidazole rings is 1. The van der Waals surface area contributed by atoms with Gasteiger partial charge in [0.1, 0.15) is 5.82 Å². The summed E-state index contributed by atoms with van der Waals surface area (Å²) in [5.41, 5.74) is 2.77. The highest BCUT2D eigenvalue weighted by Gasteiger charge is 2.28. The molecule has 0 saturated heterocycles. The van der Waals surface area contributed by atoms with Crippen LogP contribution in [0.25, 0.3) is 11.0 Å². The second-order valence-corrected chi connectivity index (χ2v) is 6.12. The van der Waals surface area contributed by atoms with Crippen molar-refractivity contribution < 1.29 is 9.18 Å². The molecular formula is C17H18FN5O. The van der Waals surface area contributed by atoms with E-state index in [9.17, 15) is 9.18 Å². The molecule has 1 N–H and O–H groups in total. The van der Waals surface area contributed by atoms with Gasteiger partial charge in [0.25, 0.3) is 5.91 Å². The highest BCUT2D eigenvalue weighted by Crippen LogP contribution is 2.40. The largest absolute Gasteiger partial charge is 0.310 e. The molecule has 0 unspecified atom stereocenters. The third-order valence-electron chi connectivity index (χ3n) is 4.40. The maximum absolute atomic E-state index is 13.4. The number of carbonyl (C=O) groups excluding carboxylic acids is 1. The molecule has 1 fully saturated rings.